The van der Waals surface area contributed by atoms with Crippen LogP contribution in [0.1, 0.15) is 16.8 Å². The fourth-order valence-electron chi connectivity index (χ4n) is 1.22. The number of hydrogen-bond acceptors (Lipinski definition) is 4. The molecular weight excluding hydrogens is 226 g/mol. The Morgan fingerprint density at radius 1 is 1.56 bits per heavy atom. The molecule has 0 unspecified atom stereocenters. The van der Waals surface area contributed by atoms with Gasteiger partial charge in [0.1, 0.15) is 5.75 Å². The number of ether oxygens (including phenoxy) is 1. The molecule has 0 saturated carbocycles. The molecule has 4 nitrogen and oxygen atoms in total. The van der Waals surface area contributed by atoms with Crippen molar-refractivity contribution in [3.63, 3.8) is 0 Å². The molecule has 88 valence electrons. The Morgan fingerprint density at radius 3 is 2.88 bits per heavy atom. The molecule has 0 aromatic heterocycles. The fourth-order valence-corrected chi connectivity index (χ4v) is 1.63. The van der Waals surface area contributed by atoms with E-state index in [9.17, 15) is 4.79 Å². The van der Waals surface area contributed by atoms with Gasteiger partial charge in [0.05, 0.1) is 12.2 Å². The van der Waals surface area contributed by atoms with Gasteiger partial charge < -0.3 is 15.6 Å². The van der Waals surface area contributed by atoms with E-state index in [4.69, 9.17) is 15.6 Å². The average molecular weight is 241 g/mol. The molecule has 0 fully saturated rings. The van der Waals surface area contributed by atoms with Crippen LogP contribution in [0.3, 0.4) is 0 Å². The van der Waals surface area contributed by atoms with Gasteiger partial charge in [-0.15, -0.1) is 0 Å². The van der Waals surface area contributed by atoms with Crippen molar-refractivity contribution in [3.05, 3.63) is 23.8 Å². The first-order valence-corrected chi connectivity index (χ1v) is 6.29. The number of carboxylic acids is 1. The Kier molecular flexibility index (Phi) is 4.98. The summed E-state index contributed by atoms with van der Waals surface area (Å²) < 4.78 is 5.44. The van der Waals surface area contributed by atoms with Crippen molar-refractivity contribution in [3.8, 4) is 5.75 Å². The number of rotatable bonds is 6. The molecule has 0 atom stereocenters. The minimum atomic E-state index is -1.02. The Hall–Kier alpha value is -1.36. The largest absolute Gasteiger partial charge is 0.493 e. The highest BCUT2D eigenvalue weighted by Gasteiger charge is 2.08. The van der Waals surface area contributed by atoms with Crippen LogP contribution in [0.2, 0.25) is 0 Å². The van der Waals surface area contributed by atoms with Gasteiger partial charge >= 0.3 is 5.97 Å². The highest BCUT2D eigenvalue weighted by atomic mass is 32.2. The average Bonchev–Trinajstić information content (AvgIpc) is 2.24. The highest BCUT2D eigenvalue weighted by molar-refractivity contribution is 7.98. The van der Waals surface area contributed by atoms with E-state index in [2.05, 4.69) is 0 Å². The number of thioether (sulfide) groups is 1. The smallest absolute Gasteiger partial charge is 0.337 e. The summed E-state index contributed by atoms with van der Waals surface area (Å²) in [5, 5.41) is 8.78. The molecule has 16 heavy (non-hydrogen) atoms. The molecule has 0 saturated heterocycles. The summed E-state index contributed by atoms with van der Waals surface area (Å²) in [4.78, 5) is 10.7. The number of benzene rings is 1. The van der Waals surface area contributed by atoms with Crippen LogP contribution in [-0.4, -0.2) is 29.7 Å². The van der Waals surface area contributed by atoms with Crippen LogP contribution in [0.15, 0.2) is 18.2 Å². The molecule has 1 aromatic carbocycles. The summed E-state index contributed by atoms with van der Waals surface area (Å²) >= 11 is 1.76. The molecule has 1 rings (SSSR count). The summed E-state index contributed by atoms with van der Waals surface area (Å²) in [5.41, 5.74) is 5.93. The zero-order valence-corrected chi connectivity index (χ0v) is 9.92. The second-order valence-electron chi connectivity index (χ2n) is 3.25. The zero-order chi connectivity index (χ0) is 12.0. The molecule has 0 amide bonds. The lowest BCUT2D eigenvalue weighted by Gasteiger charge is -2.07. The van der Waals surface area contributed by atoms with Crippen LogP contribution < -0.4 is 10.5 Å². The maximum Gasteiger partial charge on any atom is 0.337 e. The van der Waals surface area contributed by atoms with Gasteiger partial charge in [-0.2, -0.15) is 11.8 Å². The lowest BCUT2D eigenvalue weighted by Crippen LogP contribution is -2.04. The maximum atomic E-state index is 10.7. The minimum absolute atomic E-state index is 0.108. The number of nitrogen functional groups attached to an aromatic ring is 1. The lowest BCUT2D eigenvalue weighted by molar-refractivity contribution is 0.0698. The quantitative estimate of drug-likeness (QED) is 0.589. The summed E-state index contributed by atoms with van der Waals surface area (Å²) in [6, 6.07) is 4.63. The second-order valence-corrected chi connectivity index (χ2v) is 4.23. The van der Waals surface area contributed by atoms with Crippen molar-refractivity contribution in [2.45, 2.75) is 6.42 Å². The normalized spacial score (nSPS) is 10.1. The van der Waals surface area contributed by atoms with Crippen LogP contribution in [0.25, 0.3) is 0 Å². The standard InChI is InChI=1S/C11H15NO3S/c1-16-6-2-5-15-8-3-4-9(11(13)14)10(12)7-8/h3-4,7H,2,5-6,12H2,1H3,(H,13,14). The molecule has 0 bridgehead atoms. The van der Waals surface area contributed by atoms with E-state index < -0.39 is 5.97 Å². The molecule has 0 aliphatic carbocycles. The zero-order valence-electron chi connectivity index (χ0n) is 9.10. The SMILES string of the molecule is CSCCCOc1ccc(C(=O)O)c(N)c1. The van der Waals surface area contributed by atoms with Crippen LogP contribution in [0.5, 0.6) is 5.75 Å². The van der Waals surface area contributed by atoms with E-state index in [1.54, 1.807) is 23.9 Å². The van der Waals surface area contributed by atoms with Crippen LogP contribution >= 0.6 is 11.8 Å². The van der Waals surface area contributed by atoms with E-state index in [0.29, 0.717) is 12.4 Å². The summed E-state index contributed by atoms with van der Waals surface area (Å²) in [7, 11) is 0. The molecule has 0 spiro atoms. The second kappa shape index (κ2) is 6.27. The Labute approximate surface area is 98.8 Å². The highest BCUT2D eigenvalue weighted by Crippen LogP contribution is 2.20. The number of hydrogen-bond donors (Lipinski definition) is 2. The topological polar surface area (TPSA) is 72.5 Å². The predicted molar refractivity (Wildman–Crippen MR) is 66.3 cm³/mol. The summed E-state index contributed by atoms with van der Waals surface area (Å²) in [5.74, 6) is 0.637. The molecular formula is C11H15NO3S. The molecule has 1 aromatic rings. The molecule has 0 aliphatic heterocycles. The van der Waals surface area contributed by atoms with Gasteiger partial charge in [0.15, 0.2) is 0 Å². The molecule has 0 heterocycles. The van der Waals surface area contributed by atoms with Crippen LogP contribution in [0.4, 0.5) is 5.69 Å². The van der Waals surface area contributed by atoms with Gasteiger partial charge in [0.25, 0.3) is 0 Å². The Balaban J connectivity index is 2.56. The predicted octanol–water partition coefficient (Wildman–Crippen LogP) is 2.10. The number of carbonyl (C=O) groups is 1. The third kappa shape index (κ3) is 3.66. The minimum Gasteiger partial charge on any atom is -0.493 e. The van der Waals surface area contributed by atoms with E-state index >= 15 is 0 Å². The first-order chi connectivity index (χ1) is 7.65. The lowest BCUT2D eigenvalue weighted by atomic mass is 10.2. The first-order valence-electron chi connectivity index (χ1n) is 4.89. The number of carboxylic acid groups (broad SMARTS) is 1. The Bertz CT molecular complexity index is 368. The van der Waals surface area contributed by atoms with Gasteiger partial charge in [0.2, 0.25) is 0 Å². The fraction of sp³-hybridized carbons (Fsp3) is 0.364. The van der Waals surface area contributed by atoms with Crippen molar-refractivity contribution < 1.29 is 14.6 Å². The van der Waals surface area contributed by atoms with Crippen molar-refractivity contribution >= 4 is 23.4 Å². The molecule has 0 radical (unpaired) electrons. The van der Waals surface area contributed by atoms with Gasteiger partial charge in [-0.1, -0.05) is 0 Å². The molecule has 5 heteroatoms. The van der Waals surface area contributed by atoms with Crippen molar-refractivity contribution in [1.82, 2.24) is 0 Å². The van der Waals surface area contributed by atoms with Crippen LogP contribution in [-0.2, 0) is 0 Å². The van der Waals surface area contributed by atoms with Crippen molar-refractivity contribution in [1.29, 1.82) is 0 Å². The molecule has 0 aliphatic rings. The van der Waals surface area contributed by atoms with Gasteiger partial charge in [-0.3, -0.25) is 0 Å². The van der Waals surface area contributed by atoms with E-state index in [0.717, 1.165) is 12.2 Å². The van der Waals surface area contributed by atoms with Gasteiger partial charge in [0, 0.05) is 11.8 Å². The van der Waals surface area contributed by atoms with Crippen LogP contribution in [0, 0.1) is 0 Å². The summed E-state index contributed by atoms with van der Waals surface area (Å²) in [6.07, 6.45) is 3.00. The number of anilines is 1. The van der Waals surface area contributed by atoms with Crippen molar-refractivity contribution in [2.75, 3.05) is 24.3 Å². The monoisotopic (exact) mass is 241 g/mol. The Morgan fingerprint density at radius 2 is 2.31 bits per heavy atom. The van der Waals surface area contributed by atoms with E-state index in [1.165, 1.54) is 6.07 Å². The van der Waals surface area contributed by atoms with E-state index in [-0.39, 0.29) is 11.3 Å². The third-order valence-corrected chi connectivity index (χ3v) is 2.71. The van der Waals surface area contributed by atoms with Crippen molar-refractivity contribution in [2.24, 2.45) is 0 Å². The third-order valence-electron chi connectivity index (χ3n) is 2.01. The first kappa shape index (κ1) is 12.7. The maximum absolute atomic E-state index is 10.7. The van der Waals surface area contributed by atoms with Gasteiger partial charge in [-0.25, -0.2) is 4.79 Å². The number of aromatic carboxylic acids is 1. The van der Waals surface area contributed by atoms with Gasteiger partial charge in [-0.05, 0) is 30.6 Å². The summed E-state index contributed by atoms with van der Waals surface area (Å²) in [6.45, 7) is 0.618. The number of nitrogens with two attached hydrogens (primary N) is 1. The molecule has 3 N–H and O–H groups in total. The van der Waals surface area contributed by atoms with E-state index in [1.807, 2.05) is 6.26 Å².